The first-order valence-electron chi connectivity index (χ1n) is 7.86. The normalized spacial score (nSPS) is 35.1. The van der Waals surface area contributed by atoms with Gasteiger partial charge in [0.2, 0.25) is 0 Å². The summed E-state index contributed by atoms with van der Waals surface area (Å²) in [5.74, 6) is 0.544. The summed E-state index contributed by atoms with van der Waals surface area (Å²) in [6, 6.07) is 0. The standard InChI is InChI=1S/C16H29NO3/c1-15(2,3)20-14(19)17-10-7-12(11-17)16(4)8-5-13(18)6-9-16/h12-13,18H,5-11H2,1-4H3. The molecule has 1 N–H and O–H groups in total. The lowest BCUT2D eigenvalue weighted by atomic mass is 9.66. The number of amides is 1. The summed E-state index contributed by atoms with van der Waals surface area (Å²) in [5.41, 5.74) is -0.149. The maximum absolute atomic E-state index is 12.1. The van der Waals surface area contributed by atoms with E-state index >= 15 is 0 Å². The number of ether oxygens (including phenoxy) is 1. The topological polar surface area (TPSA) is 49.8 Å². The number of likely N-dealkylation sites (tertiary alicyclic amines) is 1. The second kappa shape index (κ2) is 5.55. The maximum Gasteiger partial charge on any atom is 0.410 e. The molecule has 0 aromatic heterocycles. The Kier molecular flexibility index (Phi) is 4.33. The molecule has 1 amide bonds. The number of hydrogen-bond acceptors (Lipinski definition) is 3. The van der Waals surface area contributed by atoms with Gasteiger partial charge < -0.3 is 14.7 Å². The van der Waals surface area contributed by atoms with Gasteiger partial charge in [0.1, 0.15) is 5.60 Å². The molecule has 2 aliphatic rings. The Morgan fingerprint density at radius 1 is 1.25 bits per heavy atom. The third kappa shape index (κ3) is 3.66. The summed E-state index contributed by atoms with van der Waals surface area (Å²) in [6.07, 6.45) is 4.71. The van der Waals surface area contributed by atoms with Crippen LogP contribution in [0, 0.1) is 11.3 Å². The van der Waals surface area contributed by atoms with Gasteiger partial charge in [-0.15, -0.1) is 0 Å². The highest BCUT2D eigenvalue weighted by Crippen LogP contribution is 2.45. The first kappa shape index (κ1) is 15.6. The van der Waals surface area contributed by atoms with Crippen LogP contribution < -0.4 is 0 Å². The molecule has 0 aromatic rings. The molecule has 0 bridgehead atoms. The van der Waals surface area contributed by atoms with Gasteiger partial charge in [-0.1, -0.05) is 6.92 Å². The molecule has 1 aliphatic heterocycles. The van der Waals surface area contributed by atoms with Crippen LogP contribution in [0.1, 0.15) is 59.8 Å². The molecule has 1 aliphatic carbocycles. The summed E-state index contributed by atoms with van der Waals surface area (Å²) in [5, 5.41) is 9.67. The van der Waals surface area contributed by atoms with Gasteiger partial charge in [-0.2, -0.15) is 0 Å². The summed E-state index contributed by atoms with van der Waals surface area (Å²) >= 11 is 0. The minimum Gasteiger partial charge on any atom is -0.444 e. The van der Waals surface area contributed by atoms with Crippen molar-refractivity contribution in [3.8, 4) is 0 Å². The minimum atomic E-state index is -0.423. The fourth-order valence-corrected chi connectivity index (χ4v) is 3.49. The van der Waals surface area contributed by atoms with Crippen LogP contribution in [0.3, 0.4) is 0 Å². The Morgan fingerprint density at radius 3 is 2.40 bits per heavy atom. The van der Waals surface area contributed by atoms with Gasteiger partial charge in [-0.3, -0.25) is 0 Å². The summed E-state index contributed by atoms with van der Waals surface area (Å²) < 4.78 is 5.45. The second-order valence-corrected chi connectivity index (χ2v) is 7.80. The zero-order valence-electron chi connectivity index (χ0n) is 13.3. The third-order valence-electron chi connectivity index (χ3n) is 4.92. The smallest absolute Gasteiger partial charge is 0.410 e. The molecule has 1 atom stereocenters. The van der Waals surface area contributed by atoms with Crippen molar-refractivity contribution in [1.82, 2.24) is 4.90 Å². The van der Waals surface area contributed by atoms with Gasteiger partial charge in [0, 0.05) is 13.1 Å². The molecule has 116 valence electrons. The molecule has 1 unspecified atom stereocenters. The average Bonchev–Trinajstić information content (AvgIpc) is 2.81. The molecule has 2 fully saturated rings. The molecule has 1 saturated carbocycles. The van der Waals surface area contributed by atoms with Crippen molar-refractivity contribution in [1.29, 1.82) is 0 Å². The van der Waals surface area contributed by atoms with E-state index < -0.39 is 5.60 Å². The van der Waals surface area contributed by atoms with Crippen LogP contribution in [0.2, 0.25) is 0 Å². The first-order valence-corrected chi connectivity index (χ1v) is 7.86. The maximum atomic E-state index is 12.1. The first-order chi connectivity index (χ1) is 9.20. The number of aliphatic hydroxyl groups excluding tert-OH is 1. The van der Waals surface area contributed by atoms with E-state index in [9.17, 15) is 9.90 Å². The molecule has 20 heavy (non-hydrogen) atoms. The number of carbonyl (C=O) groups excluding carboxylic acids is 1. The Morgan fingerprint density at radius 2 is 1.85 bits per heavy atom. The zero-order valence-corrected chi connectivity index (χ0v) is 13.3. The van der Waals surface area contributed by atoms with Crippen molar-refractivity contribution in [2.24, 2.45) is 11.3 Å². The average molecular weight is 283 g/mol. The Bertz CT molecular complexity index is 353. The molecular formula is C16H29NO3. The molecule has 4 heteroatoms. The molecule has 4 nitrogen and oxygen atoms in total. The van der Waals surface area contributed by atoms with E-state index in [-0.39, 0.29) is 17.6 Å². The zero-order chi connectivity index (χ0) is 15.0. The third-order valence-corrected chi connectivity index (χ3v) is 4.92. The van der Waals surface area contributed by atoms with Gasteiger partial charge in [-0.25, -0.2) is 4.79 Å². The van der Waals surface area contributed by atoms with Crippen LogP contribution in [0.25, 0.3) is 0 Å². The van der Waals surface area contributed by atoms with Crippen LogP contribution in [-0.4, -0.2) is 40.9 Å². The summed E-state index contributed by atoms with van der Waals surface area (Å²) in [6.45, 7) is 9.65. The number of rotatable bonds is 1. The van der Waals surface area contributed by atoms with E-state index in [2.05, 4.69) is 6.92 Å². The Labute approximate surface area is 122 Å². The van der Waals surface area contributed by atoms with Crippen LogP contribution in [0.4, 0.5) is 4.79 Å². The van der Waals surface area contributed by atoms with Gasteiger partial charge in [0.15, 0.2) is 0 Å². The SMILES string of the molecule is CC(C)(C)OC(=O)N1CCC(C2(C)CCC(O)CC2)C1. The van der Waals surface area contributed by atoms with Crippen molar-refractivity contribution in [2.75, 3.05) is 13.1 Å². The van der Waals surface area contributed by atoms with Crippen molar-refractivity contribution in [3.05, 3.63) is 0 Å². The van der Waals surface area contributed by atoms with E-state index in [1.807, 2.05) is 25.7 Å². The van der Waals surface area contributed by atoms with Crippen LogP contribution in [0.15, 0.2) is 0 Å². The van der Waals surface area contributed by atoms with Crippen LogP contribution in [0.5, 0.6) is 0 Å². The van der Waals surface area contributed by atoms with Gasteiger partial charge >= 0.3 is 6.09 Å². The van der Waals surface area contributed by atoms with Gasteiger partial charge in [-0.05, 0) is 64.2 Å². The molecule has 1 heterocycles. The molecular weight excluding hydrogens is 254 g/mol. The highest BCUT2D eigenvalue weighted by Gasteiger charge is 2.42. The highest BCUT2D eigenvalue weighted by molar-refractivity contribution is 5.68. The van der Waals surface area contributed by atoms with Crippen molar-refractivity contribution in [2.45, 2.75) is 71.5 Å². The second-order valence-electron chi connectivity index (χ2n) is 7.80. The van der Waals surface area contributed by atoms with Gasteiger partial charge in [0.05, 0.1) is 6.10 Å². The number of aliphatic hydroxyl groups is 1. The van der Waals surface area contributed by atoms with Crippen molar-refractivity contribution < 1.29 is 14.6 Å². The van der Waals surface area contributed by atoms with E-state index in [1.54, 1.807) is 0 Å². The van der Waals surface area contributed by atoms with E-state index in [0.717, 1.165) is 45.2 Å². The van der Waals surface area contributed by atoms with Gasteiger partial charge in [0.25, 0.3) is 0 Å². The minimum absolute atomic E-state index is 0.119. The number of carbonyl (C=O) groups is 1. The largest absolute Gasteiger partial charge is 0.444 e. The van der Waals surface area contributed by atoms with E-state index in [1.165, 1.54) is 0 Å². The Balaban J connectivity index is 1.90. The molecule has 1 saturated heterocycles. The van der Waals surface area contributed by atoms with E-state index in [4.69, 9.17) is 4.74 Å². The predicted octanol–water partition coefficient (Wildman–Crippen LogP) is 3.18. The number of hydrogen-bond donors (Lipinski definition) is 1. The fraction of sp³-hybridized carbons (Fsp3) is 0.938. The monoisotopic (exact) mass is 283 g/mol. The lowest BCUT2D eigenvalue weighted by Crippen LogP contribution is -2.38. The lowest BCUT2D eigenvalue weighted by Gasteiger charge is -2.40. The highest BCUT2D eigenvalue weighted by atomic mass is 16.6. The summed E-state index contributed by atoms with van der Waals surface area (Å²) in [7, 11) is 0. The lowest BCUT2D eigenvalue weighted by molar-refractivity contribution is 0.0207. The summed E-state index contributed by atoms with van der Waals surface area (Å²) in [4.78, 5) is 14.0. The van der Waals surface area contributed by atoms with Crippen molar-refractivity contribution in [3.63, 3.8) is 0 Å². The molecule has 0 spiro atoms. The van der Waals surface area contributed by atoms with Crippen LogP contribution >= 0.6 is 0 Å². The van der Waals surface area contributed by atoms with E-state index in [0.29, 0.717) is 5.92 Å². The quantitative estimate of drug-likeness (QED) is 0.804. The molecule has 2 rings (SSSR count). The number of nitrogens with zero attached hydrogens (tertiary/aromatic N) is 1. The molecule has 0 aromatic carbocycles. The fourth-order valence-electron chi connectivity index (χ4n) is 3.49. The Hall–Kier alpha value is -0.770. The molecule has 0 radical (unpaired) electrons. The van der Waals surface area contributed by atoms with Crippen LogP contribution in [-0.2, 0) is 4.74 Å². The van der Waals surface area contributed by atoms with Crippen molar-refractivity contribution >= 4 is 6.09 Å². The predicted molar refractivity (Wildman–Crippen MR) is 78.5 cm³/mol.